The fourth-order valence-corrected chi connectivity index (χ4v) is 6.49. The Bertz CT molecular complexity index is 863. The number of hydrogen-bond acceptors (Lipinski definition) is 19. The van der Waals surface area contributed by atoms with Gasteiger partial charge in [0, 0.05) is 18.1 Å². The summed E-state index contributed by atoms with van der Waals surface area (Å²) >= 11 is 0. The lowest BCUT2D eigenvalue weighted by molar-refractivity contribution is -0.320. The van der Waals surface area contributed by atoms with E-state index in [4.69, 9.17) is 57.1 Å². The lowest BCUT2D eigenvalue weighted by Crippen LogP contribution is -2.68. The highest BCUT2D eigenvalue weighted by atomic mass is 16.7. The molecular weight excluding hydrogens is 606 g/mol. The Labute approximate surface area is 260 Å². The predicted octanol–water partition coefficient (Wildman–Crippen LogP) is -7.84. The zero-order chi connectivity index (χ0) is 33.3. The molecule has 2 aliphatic heterocycles. The molecule has 45 heavy (non-hydrogen) atoms. The second kappa shape index (κ2) is 15.6. The Balaban J connectivity index is 1.41. The van der Waals surface area contributed by atoms with Gasteiger partial charge in [0.05, 0.1) is 37.5 Å². The van der Waals surface area contributed by atoms with Gasteiger partial charge in [-0.25, -0.2) is 0 Å². The third-order valence-corrected chi connectivity index (χ3v) is 9.33. The van der Waals surface area contributed by atoms with Gasteiger partial charge in [-0.3, -0.25) is 0 Å². The van der Waals surface area contributed by atoms with Gasteiger partial charge in [0.1, 0.15) is 67.8 Å². The topological polar surface area (TPSA) is 347 Å². The number of rotatable bonds is 10. The molecule has 19 heteroatoms. The highest BCUT2D eigenvalue weighted by molar-refractivity contribution is 5.00. The standard InChI is InChI=1S/C26H51N5O14/c1-7-2-9(28)21(19(38)15(7)34)44-25-13(30)23(17(36)11(4-32)42-25)40-6-41-24-14(31)26(43-12(5-33)18(24)37)45-22-10(29)3-8(27)16(35)20(22)39/h7-26,32-39H,2-6,27-31H2,1H3/t7-,8+,9?,10?,11?,12?,13?,14?,15?,16?,17-,18+,19?,20?,21-,22+,23?,24?,25-,26+/m1/s1. The zero-order valence-electron chi connectivity index (χ0n) is 25.0. The summed E-state index contributed by atoms with van der Waals surface area (Å²) in [6.07, 6.45) is -17.6. The summed E-state index contributed by atoms with van der Waals surface area (Å²) < 4.78 is 34.4. The molecule has 2 saturated carbocycles. The summed E-state index contributed by atoms with van der Waals surface area (Å²) in [5, 5.41) is 82.9. The number of hydrogen-bond donors (Lipinski definition) is 13. The Morgan fingerprint density at radius 3 is 1.42 bits per heavy atom. The van der Waals surface area contributed by atoms with E-state index in [0.29, 0.717) is 6.42 Å². The molecule has 0 amide bonds. The fraction of sp³-hybridized carbons (Fsp3) is 1.00. The predicted molar refractivity (Wildman–Crippen MR) is 150 cm³/mol. The van der Waals surface area contributed by atoms with Crippen LogP contribution in [0.2, 0.25) is 0 Å². The molecule has 20 atom stereocenters. The molecule has 0 spiro atoms. The second-order valence-electron chi connectivity index (χ2n) is 12.6. The van der Waals surface area contributed by atoms with Crippen molar-refractivity contribution in [1.82, 2.24) is 0 Å². The average Bonchev–Trinajstić information content (AvgIpc) is 3.00. The van der Waals surface area contributed by atoms with Gasteiger partial charge >= 0.3 is 0 Å². The maximum Gasteiger partial charge on any atom is 0.176 e. The number of aliphatic hydroxyl groups is 8. The molecule has 264 valence electrons. The fourth-order valence-electron chi connectivity index (χ4n) is 6.49. The van der Waals surface area contributed by atoms with Crippen LogP contribution < -0.4 is 28.7 Å². The molecule has 2 aliphatic carbocycles. The van der Waals surface area contributed by atoms with Crippen LogP contribution >= 0.6 is 0 Å². The molecule has 0 aromatic carbocycles. The highest BCUT2D eigenvalue weighted by Gasteiger charge is 2.51. The van der Waals surface area contributed by atoms with Gasteiger partial charge in [0.25, 0.3) is 0 Å². The van der Waals surface area contributed by atoms with Crippen LogP contribution in [0.3, 0.4) is 0 Å². The largest absolute Gasteiger partial charge is 0.394 e. The molecular formula is C26H51N5O14. The van der Waals surface area contributed by atoms with Crippen LogP contribution in [0.1, 0.15) is 19.8 Å². The van der Waals surface area contributed by atoms with Crippen molar-refractivity contribution in [3.8, 4) is 0 Å². The third kappa shape index (κ3) is 7.78. The molecule has 19 nitrogen and oxygen atoms in total. The Morgan fingerprint density at radius 1 is 0.556 bits per heavy atom. The summed E-state index contributed by atoms with van der Waals surface area (Å²) in [4.78, 5) is 0. The summed E-state index contributed by atoms with van der Waals surface area (Å²) in [6.45, 7) is -0.198. The van der Waals surface area contributed by atoms with Crippen molar-refractivity contribution in [2.75, 3.05) is 20.0 Å². The van der Waals surface area contributed by atoms with E-state index in [2.05, 4.69) is 0 Å². The molecule has 18 N–H and O–H groups in total. The minimum atomic E-state index is -1.48. The van der Waals surface area contributed by atoms with Crippen LogP contribution in [0, 0.1) is 5.92 Å². The Morgan fingerprint density at radius 2 is 0.978 bits per heavy atom. The van der Waals surface area contributed by atoms with Gasteiger partial charge in [0.2, 0.25) is 0 Å². The van der Waals surface area contributed by atoms with E-state index in [9.17, 15) is 40.9 Å². The van der Waals surface area contributed by atoms with E-state index < -0.39 is 136 Å². The minimum Gasteiger partial charge on any atom is -0.394 e. The van der Waals surface area contributed by atoms with Crippen molar-refractivity contribution < 1.29 is 69.3 Å². The van der Waals surface area contributed by atoms with Crippen LogP contribution in [0.5, 0.6) is 0 Å². The maximum atomic E-state index is 10.8. The van der Waals surface area contributed by atoms with Gasteiger partial charge in [-0.15, -0.1) is 0 Å². The van der Waals surface area contributed by atoms with E-state index in [-0.39, 0.29) is 12.3 Å². The molecule has 12 unspecified atom stereocenters. The van der Waals surface area contributed by atoms with Crippen molar-refractivity contribution in [1.29, 1.82) is 0 Å². The van der Waals surface area contributed by atoms with Gasteiger partial charge in [-0.2, -0.15) is 0 Å². The first-order valence-electron chi connectivity index (χ1n) is 15.1. The van der Waals surface area contributed by atoms with E-state index in [1.807, 2.05) is 0 Å². The van der Waals surface area contributed by atoms with Crippen LogP contribution in [-0.4, -0.2) is 177 Å². The molecule has 4 aliphatic rings. The van der Waals surface area contributed by atoms with Gasteiger partial charge in [0.15, 0.2) is 12.6 Å². The molecule has 2 heterocycles. The number of nitrogens with two attached hydrogens (primary N) is 5. The van der Waals surface area contributed by atoms with E-state index in [1.54, 1.807) is 6.92 Å². The van der Waals surface area contributed by atoms with Crippen LogP contribution in [0.15, 0.2) is 0 Å². The molecule has 0 radical (unpaired) electrons. The lowest BCUT2D eigenvalue weighted by Gasteiger charge is -2.47. The molecule has 0 aromatic rings. The number of aliphatic hydroxyl groups excluding tert-OH is 8. The first-order valence-corrected chi connectivity index (χ1v) is 15.1. The first-order chi connectivity index (χ1) is 21.2. The SMILES string of the molecule is C[C@@H]1CC(N)[C@@H](O[C@H]2OC(CO)[C@@H](O)C(OCOC3C(N)[C@H](O[C@H]4C(N)C[C@H](N)C(O)C4O)OC(CO)[C@@H]3O)C2N)C(O)C1O. The Kier molecular flexibility index (Phi) is 12.9. The smallest absolute Gasteiger partial charge is 0.176 e. The molecule has 4 rings (SSSR count). The Hall–Kier alpha value is -0.760. The normalized spacial score (nSPS) is 52.9. The van der Waals surface area contributed by atoms with Crippen molar-refractivity contribution in [3.05, 3.63) is 0 Å². The number of ether oxygens (including phenoxy) is 6. The molecule has 4 fully saturated rings. The van der Waals surface area contributed by atoms with Crippen LogP contribution in [0.25, 0.3) is 0 Å². The van der Waals surface area contributed by atoms with E-state index >= 15 is 0 Å². The molecule has 0 bridgehead atoms. The first kappa shape index (κ1) is 37.1. The van der Waals surface area contributed by atoms with Gasteiger partial charge in [-0.05, 0) is 18.8 Å². The molecule has 0 aromatic heterocycles. The van der Waals surface area contributed by atoms with Crippen molar-refractivity contribution in [2.45, 2.75) is 136 Å². The summed E-state index contributed by atoms with van der Waals surface area (Å²) in [7, 11) is 0. The second-order valence-corrected chi connectivity index (χ2v) is 12.6. The average molecular weight is 658 g/mol. The summed E-state index contributed by atoms with van der Waals surface area (Å²) in [6, 6.07) is -4.68. The summed E-state index contributed by atoms with van der Waals surface area (Å²) in [5.74, 6) is -0.285. The van der Waals surface area contributed by atoms with Crippen molar-refractivity contribution >= 4 is 0 Å². The van der Waals surface area contributed by atoms with E-state index in [0.717, 1.165) is 0 Å². The highest BCUT2D eigenvalue weighted by Crippen LogP contribution is 2.32. The maximum absolute atomic E-state index is 10.8. The third-order valence-electron chi connectivity index (χ3n) is 9.33. The molecule has 2 saturated heterocycles. The van der Waals surface area contributed by atoms with Crippen molar-refractivity contribution in [2.24, 2.45) is 34.6 Å². The van der Waals surface area contributed by atoms with Crippen molar-refractivity contribution in [3.63, 3.8) is 0 Å². The van der Waals surface area contributed by atoms with Gasteiger partial charge in [-0.1, -0.05) is 6.92 Å². The summed E-state index contributed by atoms with van der Waals surface area (Å²) in [5.41, 5.74) is 30.7. The van der Waals surface area contributed by atoms with E-state index in [1.165, 1.54) is 0 Å². The minimum absolute atomic E-state index is 0.128. The van der Waals surface area contributed by atoms with Crippen LogP contribution in [0.4, 0.5) is 0 Å². The van der Waals surface area contributed by atoms with Gasteiger partial charge < -0.3 is 97.9 Å². The zero-order valence-corrected chi connectivity index (χ0v) is 25.0. The monoisotopic (exact) mass is 657 g/mol. The quantitative estimate of drug-likeness (QED) is 0.0970. The van der Waals surface area contributed by atoms with Crippen LogP contribution in [-0.2, 0) is 28.4 Å². The lowest BCUT2D eigenvalue weighted by atomic mass is 9.80.